The Balaban J connectivity index is 2.66. The first-order valence-electron chi connectivity index (χ1n) is 5.78. The summed E-state index contributed by atoms with van der Waals surface area (Å²) in [7, 11) is 0. The Bertz CT molecular complexity index is 508. The second-order valence-corrected chi connectivity index (χ2v) is 3.68. The lowest BCUT2D eigenvalue weighted by molar-refractivity contribution is -0.154. The molecule has 1 N–H and O–H groups in total. The fourth-order valence-corrected chi connectivity index (χ4v) is 1.21. The van der Waals surface area contributed by atoms with Crippen molar-refractivity contribution < 1.29 is 32.2 Å². The number of alkyl halides is 3. The van der Waals surface area contributed by atoms with Crippen molar-refractivity contribution in [3.63, 3.8) is 0 Å². The lowest BCUT2D eigenvalue weighted by Crippen LogP contribution is -2.22. The maximum atomic E-state index is 12.1. The normalized spacial score (nSPS) is 10.9. The largest absolute Gasteiger partial charge is 0.466 e. The number of rotatable bonds is 6. The third-order valence-electron chi connectivity index (χ3n) is 1.94. The number of anilines is 1. The molecule has 116 valence electrons. The van der Waals surface area contributed by atoms with Crippen molar-refractivity contribution in [1.29, 1.82) is 0 Å². The molecular formula is C11H12F3N3O4. The molecule has 0 aliphatic rings. The van der Waals surface area contributed by atoms with Crippen LogP contribution in [-0.4, -0.2) is 41.5 Å². The summed E-state index contributed by atoms with van der Waals surface area (Å²) in [6.07, 6.45) is -3.97. The third kappa shape index (κ3) is 6.54. The van der Waals surface area contributed by atoms with Crippen molar-refractivity contribution in [2.45, 2.75) is 19.5 Å². The molecular weight excluding hydrogens is 295 g/mol. The first-order valence-corrected chi connectivity index (χ1v) is 5.78. The van der Waals surface area contributed by atoms with Gasteiger partial charge in [-0.2, -0.15) is 18.3 Å². The fraction of sp³-hybridized carbons (Fsp3) is 0.455. The van der Waals surface area contributed by atoms with E-state index in [2.05, 4.69) is 25.0 Å². The van der Waals surface area contributed by atoms with Crippen LogP contribution < -0.4 is 10.1 Å². The predicted molar refractivity (Wildman–Crippen MR) is 63.5 cm³/mol. The van der Waals surface area contributed by atoms with Crippen LogP contribution in [0.1, 0.15) is 13.3 Å². The summed E-state index contributed by atoms with van der Waals surface area (Å²) in [4.78, 5) is 22.6. The molecule has 1 aromatic rings. The van der Waals surface area contributed by atoms with Crippen molar-refractivity contribution in [3.8, 4) is 5.88 Å². The van der Waals surface area contributed by atoms with Gasteiger partial charge in [-0.25, -0.2) is 0 Å². The minimum atomic E-state index is -4.55. The SMILES string of the molecule is CCOC(=O)CC(=O)Nc1ccnnc1OCC(F)(F)F. The Morgan fingerprint density at radius 3 is 2.71 bits per heavy atom. The average molecular weight is 307 g/mol. The number of hydrogen-bond donors (Lipinski definition) is 1. The highest BCUT2D eigenvalue weighted by Gasteiger charge is 2.29. The highest BCUT2D eigenvalue weighted by atomic mass is 19.4. The van der Waals surface area contributed by atoms with Gasteiger partial charge in [0.1, 0.15) is 12.1 Å². The smallest absolute Gasteiger partial charge is 0.422 e. The maximum absolute atomic E-state index is 12.1. The molecule has 1 amide bonds. The van der Waals surface area contributed by atoms with Crippen LogP contribution in [-0.2, 0) is 14.3 Å². The van der Waals surface area contributed by atoms with Gasteiger partial charge >= 0.3 is 12.1 Å². The number of amides is 1. The number of esters is 1. The summed E-state index contributed by atoms with van der Waals surface area (Å²) in [5, 5.41) is 8.91. The van der Waals surface area contributed by atoms with Gasteiger partial charge in [-0.1, -0.05) is 0 Å². The van der Waals surface area contributed by atoms with Gasteiger partial charge in [0.2, 0.25) is 5.91 Å². The van der Waals surface area contributed by atoms with E-state index in [-0.39, 0.29) is 12.3 Å². The van der Waals surface area contributed by atoms with Gasteiger partial charge in [-0.15, -0.1) is 5.10 Å². The minimum Gasteiger partial charge on any atom is -0.466 e. The molecule has 0 saturated heterocycles. The van der Waals surface area contributed by atoms with E-state index >= 15 is 0 Å². The van der Waals surface area contributed by atoms with E-state index in [0.717, 1.165) is 6.20 Å². The molecule has 1 rings (SSSR count). The Labute approximate surface area is 117 Å². The minimum absolute atomic E-state index is 0.114. The van der Waals surface area contributed by atoms with Crippen LogP contribution in [0.2, 0.25) is 0 Å². The number of carbonyl (C=O) groups is 2. The molecule has 0 saturated carbocycles. The molecule has 0 fully saturated rings. The third-order valence-corrected chi connectivity index (χ3v) is 1.94. The van der Waals surface area contributed by atoms with Crippen molar-refractivity contribution in [1.82, 2.24) is 10.2 Å². The molecule has 7 nitrogen and oxygen atoms in total. The van der Waals surface area contributed by atoms with Crippen molar-refractivity contribution >= 4 is 17.6 Å². The zero-order valence-electron chi connectivity index (χ0n) is 10.9. The average Bonchev–Trinajstić information content (AvgIpc) is 2.36. The lowest BCUT2D eigenvalue weighted by atomic mass is 10.3. The summed E-state index contributed by atoms with van der Waals surface area (Å²) in [6, 6.07) is 1.20. The van der Waals surface area contributed by atoms with E-state index in [1.807, 2.05) is 0 Å². The van der Waals surface area contributed by atoms with Gasteiger partial charge in [0.05, 0.1) is 12.8 Å². The van der Waals surface area contributed by atoms with Gasteiger partial charge in [0, 0.05) is 0 Å². The first kappa shape index (κ1) is 16.7. The summed E-state index contributed by atoms with van der Waals surface area (Å²) >= 11 is 0. The van der Waals surface area contributed by atoms with Crippen LogP contribution in [0.5, 0.6) is 5.88 Å². The molecule has 0 radical (unpaired) electrons. The van der Waals surface area contributed by atoms with Crippen LogP contribution in [0.25, 0.3) is 0 Å². The van der Waals surface area contributed by atoms with E-state index in [1.165, 1.54) is 6.07 Å². The number of nitrogens with one attached hydrogen (secondary N) is 1. The molecule has 1 heterocycles. The number of halogens is 3. The van der Waals surface area contributed by atoms with E-state index in [0.29, 0.717) is 0 Å². The van der Waals surface area contributed by atoms with Gasteiger partial charge < -0.3 is 14.8 Å². The van der Waals surface area contributed by atoms with Crippen molar-refractivity contribution in [2.24, 2.45) is 0 Å². The monoisotopic (exact) mass is 307 g/mol. The summed E-state index contributed by atoms with van der Waals surface area (Å²) in [5.74, 6) is -2.01. The molecule has 0 aliphatic heterocycles. The lowest BCUT2D eigenvalue weighted by Gasteiger charge is -2.11. The maximum Gasteiger partial charge on any atom is 0.422 e. The van der Waals surface area contributed by atoms with Gasteiger partial charge in [0.25, 0.3) is 5.88 Å². The van der Waals surface area contributed by atoms with Crippen molar-refractivity contribution in [2.75, 3.05) is 18.5 Å². The predicted octanol–water partition coefficient (Wildman–Crippen LogP) is 1.31. The molecule has 0 spiro atoms. The molecule has 0 aromatic carbocycles. The zero-order valence-corrected chi connectivity index (χ0v) is 10.9. The van der Waals surface area contributed by atoms with Crippen LogP contribution in [0.4, 0.5) is 18.9 Å². The summed E-state index contributed by atoms with van der Waals surface area (Å²) in [6.45, 7) is 0.112. The van der Waals surface area contributed by atoms with Crippen LogP contribution in [0, 0.1) is 0 Å². The van der Waals surface area contributed by atoms with E-state index in [4.69, 9.17) is 0 Å². The topological polar surface area (TPSA) is 90.4 Å². The van der Waals surface area contributed by atoms with Gasteiger partial charge in [-0.05, 0) is 13.0 Å². The quantitative estimate of drug-likeness (QED) is 0.629. The number of hydrogen-bond acceptors (Lipinski definition) is 6. The Hall–Kier alpha value is -2.39. The second kappa shape index (κ2) is 7.41. The molecule has 0 atom stereocenters. The molecule has 0 unspecified atom stereocenters. The Kier molecular flexibility index (Phi) is 5.88. The highest BCUT2D eigenvalue weighted by molar-refractivity contribution is 6.02. The molecule has 10 heteroatoms. The Morgan fingerprint density at radius 1 is 1.38 bits per heavy atom. The molecule has 21 heavy (non-hydrogen) atoms. The standard InChI is InChI=1S/C11H12F3N3O4/c1-2-20-9(19)5-8(18)16-7-3-4-15-17-10(7)21-6-11(12,13)14/h3-4H,2,5-6H2,1H3,(H,15,16,18). The molecule has 0 aliphatic carbocycles. The molecule has 0 bridgehead atoms. The van der Waals surface area contributed by atoms with E-state index < -0.39 is 37.0 Å². The van der Waals surface area contributed by atoms with Crippen LogP contribution in [0.15, 0.2) is 12.3 Å². The fourth-order valence-electron chi connectivity index (χ4n) is 1.21. The number of aromatic nitrogens is 2. The number of nitrogens with zero attached hydrogens (tertiary/aromatic N) is 2. The Morgan fingerprint density at radius 2 is 2.10 bits per heavy atom. The van der Waals surface area contributed by atoms with Gasteiger partial charge in [-0.3, -0.25) is 9.59 Å². The highest BCUT2D eigenvalue weighted by Crippen LogP contribution is 2.23. The summed E-state index contributed by atoms with van der Waals surface area (Å²) in [5.41, 5.74) is -0.122. The number of ether oxygens (including phenoxy) is 2. The second-order valence-electron chi connectivity index (χ2n) is 3.68. The first-order chi connectivity index (χ1) is 9.81. The van der Waals surface area contributed by atoms with Crippen LogP contribution in [0.3, 0.4) is 0 Å². The van der Waals surface area contributed by atoms with E-state index in [1.54, 1.807) is 6.92 Å². The van der Waals surface area contributed by atoms with Crippen LogP contribution >= 0.6 is 0 Å². The number of carbonyl (C=O) groups excluding carboxylic acids is 2. The zero-order chi connectivity index (χ0) is 15.9. The molecule has 1 aromatic heterocycles. The summed E-state index contributed by atoms with van der Waals surface area (Å²) < 4.78 is 45.2. The van der Waals surface area contributed by atoms with Crippen molar-refractivity contribution in [3.05, 3.63) is 12.3 Å². The van der Waals surface area contributed by atoms with Gasteiger partial charge in [0.15, 0.2) is 6.61 Å². The van der Waals surface area contributed by atoms with E-state index in [9.17, 15) is 22.8 Å².